The van der Waals surface area contributed by atoms with Gasteiger partial charge in [-0.1, -0.05) is 54.2 Å². The number of carbonyl (C=O) groups excluding carboxylic acids is 2. The molecule has 0 aliphatic carbocycles. The lowest BCUT2D eigenvalue weighted by Gasteiger charge is -2.37. The molecular formula is C19H20N2O3S. The van der Waals surface area contributed by atoms with Gasteiger partial charge in [0, 0.05) is 12.2 Å². The van der Waals surface area contributed by atoms with Gasteiger partial charge in [-0.2, -0.15) is 0 Å². The fourth-order valence-corrected chi connectivity index (χ4v) is 3.87. The van der Waals surface area contributed by atoms with E-state index in [2.05, 4.69) is 4.99 Å². The molecule has 1 saturated heterocycles. The molecule has 2 aliphatic rings. The van der Waals surface area contributed by atoms with Crippen LogP contribution < -0.4 is 0 Å². The number of hydrogen-bond donors (Lipinski definition) is 0. The molecule has 25 heavy (non-hydrogen) atoms. The standard InChI is InChI=1S/C19H20N2O3S/c1-3-24-18(23)17-13(2)20-19-21(16(22)11-12-25-19)15(17)10-9-14-7-5-4-6-8-14/h4-10,15H,3,11-12H2,1-2H3/b10-9+/t15-/m0/s1. The zero-order valence-corrected chi connectivity index (χ0v) is 15.1. The highest BCUT2D eigenvalue weighted by atomic mass is 32.2. The van der Waals surface area contributed by atoms with Crippen molar-refractivity contribution in [2.45, 2.75) is 26.3 Å². The highest BCUT2D eigenvalue weighted by molar-refractivity contribution is 8.14. The molecule has 2 aliphatic heterocycles. The predicted octanol–water partition coefficient (Wildman–Crippen LogP) is 3.24. The number of allylic oxidation sites excluding steroid dienone is 1. The predicted molar refractivity (Wildman–Crippen MR) is 100.0 cm³/mol. The summed E-state index contributed by atoms with van der Waals surface area (Å²) in [5.74, 6) is 0.272. The van der Waals surface area contributed by atoms with Crippen molar-refractivity contribution in [3.05, 3.63) is 53.2 Å². The van der Waals surface area contributed by atoms with Crippen molar-refractivity contribution < 1.29 is 14.3 Å². The summed E-state index contributed by atoms with van der Waals surface area (Å²) < 4.78 is 5.20. The monoisotopic (exact) mass is 356 g/mol. The van der Waals surface area contributed by atoms with Gasteiger partial charge in [0.05, 0.1) is 23.9 Å². The van der Waals surface area contributed by atoms with Gasteiger partial charge in [-0.05, 0) is 19.4 Å². The topological polar surface area (TPSA) is 59.0 Å². The first kappa shape index (κ1) is 17.5. The number of aliphatic imine (C=N–C) groups is 1. The molecule has 5 nitrogen and oxygen atoms in total. The average molecular weight is 356 g/mol. The van der Waals surface area contributed by atoms with Crippen molar-refractivity contribution in [1.82, 2.24) is 4.90 Å². The van der Waals surface area contributed by atoms with Gasteiger partial charge in [0.2, 0.25) is 5.91 Å². The molecular weight excluding hydrogens is 336 g/mol. The second-order valence-corrected chi connectivity index (χ2v) is 6.75. The Morgan fingerprint density at radius 3 is 2.88 bits per heavy atom. The molecule has 6 heteroatoms. The van der Waals surface area contributed by atoms with Gasteiger partial charge in [-0.25, -0.2) is 9.79 Å². The van der Waals surface area contributed by atoms with Gasteiger partial charge in [-0.3, -0.25) is 9.69 Å². The normalized spacial score (nSPS) is 20.6. The number of hydrogen-bond acceptors (Lipinski definition) is 5. The molecule has 130 valence electrons. The molecule has 1 atom stereocenters. The number of ether oxygens (including phenoxy) is 1. The lowest BCUT2D eigenvalue weighted by molar-refractivity contribution is -0.139. The van der Waals surface area contributed by atoms with Gasteiger partial charge in [0.25, 0.3) is 0 Å². The van der Waals surface area contributed by atoms with Crippen molar-refractivity contribution in [3.8, 4) is 0 Å². The summed E-state index contributed by atoms with van der Waals surface area (Å²) in [6.07, 6.45) is 4.24. The molecule has 0 bridgehead atoms. The Morgan fingerprint density at radius 2 is 2.16 bits per heavy atom. The SMILES string of the molecule is CCOC(=O)C1=C(C)N=C2SCCC(=O)N2[C@H]1/C=C/c1ccccc1. The largest absolute Gasteiger partial charge is 0.463 e. The van der Waals surface area contributed by atoms with E-state index in [1.165, 1.54) is 0 Å². The molecule has 1 aromatic carbocycles. The third kappa shape index (κ3) is 3.69. The summed E-state index contributed by atoms with van der Waals surface area (Å²) in [6.45, 7) is 3.84. The molecule has 1 aromatic rings. The minimum Gasteiger partial charge on any atom is -0.463 e. The molecule has 3 rings (SSSR count). The van der Waals surface area contributed by atoms with E-state index in [-0.39, 0.29) is 12.5 Å². The fraction of sp³-hybridized carbons (Fsp3) is 0.316. The summed E-state index contributed by atoms with van der Waals surface area (Å²) in [5.41, 5.74) is 2.03. The zero-order valence-electron chi connectivity index (χ0n) is 14.3. The first-order valence-electron chi connectivity index (χ1n) is 8.26. The third-order valence-corrected chi connectivity index (χ3v) is 4.97. The first-order chi connectivity index (χ1) is 12.1. The van der Waals surface area contributed by atoms with Crippen LogP contribution in [0.2, 0.25) is 0 Å². The van der Waals surface area contributed by atoms with E-state index in [1.54, 1.807) is 30.5 Å². The molecule has 0 saturated carbocycles. The molecule has 0 aromatic heterocycles. The van der Waals surface area contributed by atoms with Crippen LogP contribution >= 0.6 is 11.8 Å². The van der Waals surface area contributed by atoms with Crippen molar-refractivity contribution in [3.63, 3.8) is 0 Å². The minimum absolute atomic E-state index is 0.0190. The molecule has 1 amide bonds. The van der Waals surface area contributed by atoms with E-state index in [4.69, 9.17) is 4.74 Å². The Kier molecular flexibility index (Phi) is 5.38. The maximum Gasteiger partial charge on any atom is 0.338 e. The van der Waals surface area contributed by atoms with E-state index in [1.807, 2.05) is 42.5 Å². The number of esters is 1. The maximum absolute atomic E-state index is 12.5. The Bertz CT molecular complexity index is 768. The van der Waals surface area contributed by atoms with E-state index in [9.17, 15) is 9.59 Å². The number of rotatable bonds is 4. The number of amidine groups is 1. The molecule has 0 N–H and O–H groups in total. The van der Waals surface area contributed by atoms with E-state index in [0.717, 1.165) is 5.56 Å². The van der Waals surface area contributed by atoms with Crippen molar-refractivity contribution >= 4 is 34.9 Å². The van der Waals surface area contributed by atoms with Crippen LogP contribution in [-0.2, 0) is 14.3 Å². The van der Waals surface area contributed by atoms with Gasteiger partial charge >= 0.3 is 5.97 Å². The maximum atomic E-state index is 12.5. The van der Waals surface area contributed by atoms with Crippen LogP contribution in [-0.4, -0.2) is 40.3 Å². The molecule has 0 spiro atoms. The van der Waals surface area contributed by atoms with Crippen LogP contribution in [0.3, 0.4) is 0 Å². The second-order valence-electron chi connectivity index (χ2n) is 5.69. The number of fused-ring (bicyclic) bond motifs is 1. The highest BCUT2D eigenvalue weighted by Crippen LogP contribution is 2.32. The first-order valence-corrected chi connectivity index (χ1v) is 9.25. The van der Waals surface area contributed by atoms with Crippen molar-refractivity contribution in [2.24, 2.45) is 4.99 Å². The van der Waals surface area contributed by atoms with Crippen LogP contribution in [0.1, 0.15) is 25.8 Å². The average Bonchev–Trinajstić information content (AvgIpc) is 2.60. The quantitative estimate of drug-likeness (QED) is 0.777. The molecule has 0 radical (unpaired) electrons. The van der Waals surface area contributed by atoms with Crippen LogP contribution in [0.25, 0.3) is 6.08 Å². The van der Waals surface area contributed by atoms with Crippen molar-refractivity contribution in [1.29, 1.82) is 0 Å². The van der Waals surface area contributed by atoms with E-state index < -0.39 is 12.0 Å². The smallest absolute Gasteiger partial charge is 0.338 e. The lowest BCUT2D eigenvalue weighted by atomic mass is 10.00. The van der Waals surface area contributed by atoms with Gasteiger partial charge in [-0.15, -0.1) is 0 Å². The van der Waals surface area contributed by atoms with Crippen LogP contribution in [0.15, 0.2) is 52.7 Å². The fourth-order valence-electron chi connectivity index (χ4n) is 2.86. The van der Waals surface area contributed by atoms with Crippen LogP contribution in [0.5, 0.6) is 0 Å². The van der Waals surface area contributed by atoms with Crippen LogP contribution in [0.4, 0.5) is 0 Å². The Labute approximate surface area is 151 Å². The molecule has 0 unspecified atom stereocenters. The highest BCUT2D eigenvalue weighted by Gasteiger charge is 2.39. The summed E-state index contributed by atoms with van der Waals surface area (Å²) in [7, 11) is 0. The lowest BCUT2D eigenvalue weighted by Crippen LogP contribution is -2.49. The van der Waals surface area contributed by atoms with E-state index in [0.29, 0.717) is 28.6 Å². The van der Waals surface area contributed by atoms with Gasteiger partial charge in [0.15, 0.2) is 5.17 Å². The minimum atomic E-state index is -0.493. The number of thioether (sulfide) groups is 1. The van der Waals surface area contributed by atoms with Gasteiger partial charge in [0.1, 0.15) is 0 Å². The molecule has 2 heterocycles. The van der Waals surface area contributed by atoms with E-state index >= 15 is 0 Å². The summed E-state index contributed by atoms with van der Waals surface area (Å²) >= 11 is 1.54. The Balaban J connectivity index is 2.02. The van der Waals surface area contributed by atoms with Crippen LogP contribution in [0, 0.1) is 0 Å². The summed E-state index contributed by atoms with van der Waals surface area (Å²) in [5, 5.41) is 0.657. The molecule has 1 fully saturated rings. The number of carbonyl (C=O) groups is 2. The Hall–Kier alpha value is -2.34. The van der Waals surface area contributed by atoms with Crippen molar-refractivity contribution in [2.75, 3.05) is 12.4 Å². The number of benzene rings is 1. The second kappa shape index (κ2) is 7.70. The summed E-state index contributed by atoms with van der Waals surface area (Å²) in [6, 6.07) is 9.29. The zero-order chi connectivity index (χ0) is 17.8. The number of amides is 1. The summed E-state index contributed by atoms with van der Waals surface area (Å²) in [4.78, 5) is 31.1. The number of nitrogens with zero attached hydrogens (tertiary/aromatic N) is 2. The third-order valence-electron chi connectivity index (χ3n) is 4.01. The Morgan fingerprint density at radius 1 is 1.40 bits per heavy atom. The van der Waals surface area contributed by atoms with Gasteiger partial charge < -0.3 is 4.74 Å².